The first-order valence-corrected chi connectivity index (χ1v) is 18.7. The van der Waals surface area contributed by atoms with Crippen LogP contribution in [0.15, 0.2) is 78.9 Å². The molecule has 10 heteroatoms. The first-order valence-electron chi connectivity index (χ1n) is 18.7. The van der Waals surface area contributed by atoms with Crippen LogP contribution in [0.4, 0.5) is 4.79 Å². The quantitative estimate of drug-likeness (QED) is 0.179. The SMILES string of the molecule is O=C(NC(Cc1ccccc1)C(O)CC(Cc1ccc(OCCN2CCOCC2)cc1)C(=O)NC1c2ccccc2CC1O)OC1CCCCC1. The highest BCUT2D eigenvalue weighted by Gasteiger charge is 2.35. The third-order valence-electron chi connectivity index (χ3n) is 10.5. The van der Waals surface area contributed by atoms with Gasteiger partial charge in [0.1, 0.15) is 18.5 Å². The highest BCUT2D eigenvalue weighted by Crippen LogP contribution is 2.32. The predicted octanol–water partition coefficient (Wildman–Crippen LogP) is 4.75. The van der Waals surface area contributed by atoms with E-state index in [4.69, 9.17) is 14.2 Å². The van der Waals surface area contributed by atoms with Gasteiger partial charge in [-0.05, 0) is 79.3 Å². The molecule has 0 radical (unpaired) electrons. The summed E-state index contributed by atoms with van der Waals surface area (Å²) in [6, 6.07) is 24.0. The van der Waals surface area contributed by atoms with Crippen molar-refractivity contribution in [2.75, 3.05) is 39.5 Å². The van der Waals surface area contributed by atoms with Crippen molar-refractivity contribution < 1.29 is 34.0 Å². The number of hydrogen-bond acceptors (Lipinski definition) is 8. The van der Waals surface area contributed by atoms with E-state index in [9.17, 15) is 19.8 Å². The number of nitrogens with zero attached hydrogens (tertiary/aromatic N) is 1. The summed E-state index contributed by atoms with van der Waals surface area (Å²) >= 11 is 0. The molecule has 10 nitrogen and oxygen atoms in total. The van der Waals surface area contributed by atoms with Gasteiger partial charge in [-0.15, -0.1) is 0 Å². The Morgan fingerprint density at radius 1 is 0.882 bits per heavy atom. The van der Waals surface area contributed by atoms with Crippen LogP contribution in [0.3, 0.4) is 0 Å². The van der Waals surface area contributed by atoms with E-state index in [1.807, 2.05) is 78.9 Å². The number of carbonyl (C=O) groups excluding carboxylic acids is 2. The maximum absolute atomic E-state index is 14.1. The number of nitrogens with one attached hydrogen (secondary N) is 2. The number of ether oxygens (including phenoxy) is 3. The highest BCUT2D eigenvalue weighted by atomic mass is 16.6. The molecule has 51 heavy (non-hydrogen) atoms. The Bertz CT molecular complexity index is 1530. The Morgan fingerprint density at radius 3 is 2.35 bits per heavy atom. The van der Waals surface area contributed by atoms with Gasteiger partial charge in [-0.1, -0.05) is 73.2 Å². The van der Waals surface area contributed by atoms with E-state index in [1.54, 1.807) is 0 Å². The van der Waals surface area contributed by atoms with E-state index in [2.05, 4.69) is 15.5 Å². The molecular weight excluding hydrogens is 646 g/mol. The summed E-state index contributed by atoms with van der Waals surface area (Å²) in [5.41, 5.74) is 3.79. The van der Waals surface area contributed by atoms with Gasteiger partial charge in [0.25, 0.3) is 0 Å². The molecule has 4 N–H and O–H groups in total. The fourth-order valence-electron chi connectivity index (χ4n) is 7.55. The number of benzene rings is 3. The minimum absolute atomic E-state index is 0.0926. The molecule has 0 bridgehead atoms. The fourth-order valence-corrected chi connectivity index (χ4v) is 7.55. The van der Waals surface area contributed by atoms with Gasteiger partial charge in [0.05, 0.1) is 37.5 Å². The van der Waals surface area contributed by atoms with Crippen LogP contribution in [-0.4, -0.2) is 90.9 Å². The van der Waals surface area contributed by atoms with Crippen LogP contribution < -0.4 is 15.4 Å². The van der Waals surface area contributed by atoms with Crippen molar-refractivity contribution in [1.82, 2.24) is 15.5 Å². The predicted molar refractivity (Wildman–Crippen MR) is 194 cm³/mol. The maximum atomic E-state index is 14.1. The minimum Gasteiger partial charge on any atom is -0.492 e. The molecule has 3 aromatic rings. The Kier molecular flexibility index (Phi) is 13.4. The summed E-state index contributed by atoms with van der Waals surface area (Å²) in [6.45, 7) is 4.71. The zero-order valence-electron chi connectivity index (χ0n) is 29.5. The van der Waals surface area contributed by atoms with Crippen molar-refractivity contribution in [3.63, 3.8) is 0 Å². The van der Waals surface area contributed by atoms with E-state index in [1.165, 1.54) is 0 Å². The van der Waals surface area contributed by atoms with E-state index in [0.717, 1.165) is 93.0 Å². The van der Waals surface area contributed by atoms with Crippen LogP contribution in [0.5, 0.6) is 5.75 Å². The minimum atomic E-state index is -1.05. The lowest BCUT2D eigenvalue weighted by Crippen LogP contribution is -2.48. The van der Waals surface area contributed by atoms with Crippen molar-refractivity contribution in [3.8, 4) is 5.75 Å². The monoisotopic (exact) mass is 699 g/mol. The van der Waals surface area contributed by atoms with Gasteiger partial charge in [-0.3, -0.25) is 9.69 Å². The molecule has 2 fully saturated rings. The molecule has 1 saturated carbocycles. The summed E-state index contributed by atoms with van der Waals surface area (Å²) in [4.78, 5) is 29.6. The average molecular weight is 700 g/mol. The van der Waals surface area contributed by atoms with E-state index < -0.39 is 36.3 Å². The standard InChI is InChI=1S/C41H53N3O7/c45-37(36(26-29-9-3-1-4-10-29)42-41(48)51-34-12-5-2-6-13-34)28-32(40(47)43-39-35-14-8-7-11-31(35)27-38(39)46)25-30-15-17-33(18-16-30)50-24-21-44-19-22-49-23-20-44/h1,3-4,7-11,14-18,32,34,36-39,45-46H,2,5-6,12-13,19-28H2,(H,42,48)(H,43,47). The molecule has 5 unspecified atom stereocenters. The third-order valence-corrected chi connectivity index (χ3v) is 10.5. The van der Waals surface area contributed by atoms with E-state index in [0.29, 0.717) is 25.9 Å². The lowest BCUT2D eigenvalue weighted by Gasteiger charge is -2.29. The summed E-state index contributed by atoms with van der Waals surface area (Å²) in [6.07, 6.45) is 3.72. The van der Waals surface area contributed by atoms with Gasteiger partial charge in [0, 0.05) is 32.0 Å². The van der Waals surface area contributed by atoms with Crippen molar-refractivity contribution in [2.24, 2.45) is 5.92 Å². The number of fused-ring (bicyclic) bond motifs is 1. The first kappa shape index (κ1) is 36.8. The van der Waals surface area contributed by atoms with Crippen molar-refractivity contribution in [3.05, 3.63) is 101 Å². The number of aliphatic hydroxyl groups excluding tert-OH is 2. The number of morpholine rings is 1. The zero-order chi connectivity index (χ0) is 35.4. The molecular formula is C41H53N3O7. The van der Waals surface area contributed by atoms with E-state index in [-0.39, 0.29) is 18.4 Å². The first-order chi connectivity index (χ1) is 24.9. The number of alkyl carbamates (subject to hydrolysis) is 1. The number of carbonyl (C=O) groups is 2. The second-order valence-electron chi connectivity index (χ2n) is 14.2. The van der Waals surface area contributed by atoms with Gasteiger partial charge >= 0.3 is 6.09 Å². The Labute approximate surface area is 301 Å². The van der Waals surface area contributed by atoms with Gasteiger partial charge in [0.2, 0.25) is 5.91 Å². The lowest BCUT2D eigenvalue weighted by atomic mass is 9.88. The average Bonchev–Trinajstić information content (AvgIpc) is 3.47. The zero-order valence-corrected chi connectivity index (χ0v) is 29.5. The van der Waals surface area contributed by atoms with Crippen LogP contribution >= 0.6 is 0 Å². The topological polar surface area (TPSA) is 130 Å². The molecule has 1 aliphatic heterocycles. The Balaban J connectivity index is 1.15. The van der Waals surface area contributed by atoms with Crippen LogP contribution in [0.1, 0.15) is 66.8 Å². The molecule has 274 valence electrons. The molecule has 0 spiro atoms. The molecule has 3 aromatic carbocycles. The van der Waals surface area contributed by atoms with E-state index >= 15 is 0 Å². The molecule has 2 amide bonds. The van der Waals surface area contributed by atoms with Gasteiger partial charge < -0.3 is 35.1 Å². The molecule has 2 aliphatic carbocycles. The molecule has 5 atom stereocenters. The fraction of sp³-hybridized carbons (Fsp3) is 0.512. The third kappa shape index (κ3) is 10.8. The second kappa shape index (κ2) is 18.5. The van der Waals surface area contributed by atoms with Crippen molar-refractivity contribution in [2.45, 2.75) is 88.2 Å². The highest BCUT2D eigenvalue weighted by molar-refractivity contribution is 5.80. The molecule has 1 saturated heterocycles. The van der Waals surface area contributed by atoms with Crippen LogP contribution in [0.25, 0.3) is 0 Å². The van der Waals surface area contributed by atoms with Crippen LogP contribution in [0, 0.1) is 5.92 Å². The lowest BCUT2D eigenvalue weighted by molar-refractivity contribution is -0.127. The number of amides is 2. The van der Waals surface area contributed by atoms with Crippen LogP contribution in [-0.2, 0) is 33.5 Å². The smallest absolute Gasteiger partial charge is 0.407 e. The van der Waals surface area contributed by atoms with Gasteiger partial charge in [-0.2, -0.15) is 0 Å². The second-order valence-corrected chi connectivity index (χ2v) is 14.2. The Morgan fingerprint density at radius 2 is 1.59 bits per heavy atom. The normalized spacial score (nSPS) is 21.2. The molecule has 0 aromatic heterocycles. The summed E-state index contributed by atoms with van der Waals surface area (Å²) in [7, 11) is 0. The summed E-state index contributed by atoms with van der Waals surface area (Å²) < 4.78 is 17.2. The van der Waals surface area contributed by atoms with Gasteiger partial charge in [0.15, 0.2) is 0 Å². The summed E-state index contributed by atoms with van der Waals surface area (Å²) in [5.74, 6) is -0.159. The molecule has 1 heterocycles. The largest absolute Gasteiger partial charge is 0.492 e. The maximum Gasteiger partial charge on any atom is 0.407 e. The number of aliphatic hydroxyl groups is 2. The summed E-state index contributed by atoms with van der Waals surface area (Å²) in [5, 5.41) is 28.8. The van der Waals surface area contributed by atoms with Gasteiger partial charge in [-0.25, -0.2) is 4.79 Å². The van der Waals surface area contributed by atoms with Crippen molar-refractivity contribution >= 4 is 12.0 Å². The van der Waals surface area contributed by atoms with Crippen LogP contribution in [0.2, 0.25) is 0 Å². The molecule has 6 rings (SSSR count). The Hall–Kier alpha value is -3.96. The number of hydrogen-bond donors (Lipinski definition) is 4. The van der Waals surface area contributed by atoms with Crippen molar-refractivity contribution in [1.29, 1.82) is 0 Å². The molecule has 3 aliphatic rings. The number of rotatable bonds is 15.